The zero-order chi connectivity index (χ0) is 27.1. The standard InChI is InChI=1S/C22H39N7O7/c1-16(2)17(26-23)13-24-5-6-25-19(30)4-3-18(22(35)36)29-11-9-27(14-20(31)32)7-8-28(10-12-29)15-21(33)34/h13,16,18H,3-12,14-15,23H2,1-2H3,(H,25,30)(H,31,32)(H,33,34)(H,35,36)/b24-13?,26-17+. The predicted octanol–water partition coefficient (Wildman–Crippen LogP) is -1.53. The molecular formula is C22H39N7O7. The number of carbonyl (C=O) groups is 4. The van der Waals surface area contributed by atoms with E-state index in [1.165, 1.54) is 0 Å². The van der Waals surface area contributed by atoms with E-state index in [0.29, 0.717) is 38.4 Å². The molecule has 0 bridgehead atoms. The Morgan fingerprint density at radius 1 is 0.944 bits per heavy atom. The van der Waals surface area contributed by atoms with Gasteiger partial charge < -0.3 is 26.5 Å². The third-order valence-corrected chi connectivity index (χ3v) is 5.75. The van der Waals surface area contributed by atoms with Crippen LogP contribution in [0.5, 0.6) is 0 Å². The zero-order valence-corrected chi connectivity index (χ0v) is 21.0. The van der Waals surface area contributed by atoms with Crippen LogP contribution in [0.15, 0.2) is 10.1 Å². The number of carbonyl (C=O) groups excluding carboxylic acids is 1. The number of nitrogens with two attached hydrogens (primary N) is 1. The van der Waals surface area contributed by atoms with E-state index >= 15 is 0 Å². The van der Waals surface area contributed by atoms with Crippen molar-refractivity contribution >= 4 is 35.7 Å². The number of carboxylic acid groups (broad SMARTS) is 3. The molecular weight excluding hydrogens is 474 g/mol. The first-order valence-corrected chi connectivity index (χ1v) is 11.9. The lowest BCUT2D eigenvalue weighted by molar-refractivity contribution is -0.144. The van der Waals surface area contributed by atoms with Crippen LogP contribution >= 0.6 is 0 Å². The molecule has 14 nitrogen and oxygen atoms in total. The van der Waals surface area contributed by atoms with Gasteiger partial charge in [-0.25, -0.2) is 0 Å². The van der Waals surface area contributed by atoms with Crippen LogP contribution in [-0.2, 0) is 19.2 Å². The second-order valence-corrected chi connectivity index (χ2v) is 8.86. The first-order chi connectivity index (χ1) is 17.0. The molecule has 6 N–H and O–H groups in total. The number of aliphatic carboxylic acids is 3. The van der Waals surface area contributed by atoms with Crippen LogP contribution < -0.4 is 11.2 Å². The van der Waals surface area contributed by atoms with Gasteiger partial charge >= 0.3 is 17.9 Å². The van der Waals surface area contributed by atoms with E-state index in [2.05, 4.69) is 15.4 Å². The van der Waals surface area contributed by atoms with Gasteiger partial charge in [0.15, 0.2) is 0 Å². The van der Waals surface area contributed by atoms with Crippen LogP contribution in [0.3, 0.4) is 0 Å². The molecule has 1 rings (SSSR count). The highest BCUT2D eigenvalue weighted by Crippen LogP contribution is 2.11. The summed E-state index contributed by atoms with van der Waals surface area (Å²) < 4.78 is 0. The quantitative estimate of drug-likeness (QED) is 0.0780. The summed E-state index contributed by atoms with van der Waals surface area (Å²) >= 11 is 0. The molecule has 1 aliphatic heterocycles. The lowest BCUT2D eigenvalue weighted by atomic mass is 10.1. The molecule has 1 saturated heterocycles. The molecule has 1 aliphatic rings. The summed E-state index contributed by atoms with van der Waals surface area (Å²) in [7, 11) is 0. The molecule has 204 valence electrons. The van der Waals surface area contributed by atoms with Crippen molar-refractivity contribution in [3.8, 4) is 0 Å². The van der Waals surface area contributed by atoms with Gasteiger partial charge in [0.2, 0.25) is 5.91 Å². The number of hydrazone groups is 1. The summed E-state index contributed by atoms with van der Waals surface area (Å²) in [4.78, 5) is 55.9. The summed E-state index contributed by atoms with van der Waals surface area (Å²) in [6.07, 6.45) is 1.60. The Morgan fingerprint density at radius 2 is 1.47 bits per heavy atom. The van der Waals surface area contributed by atoms with E-state index in [4.69, 9.17) is 16.1 Å². The lowest BCUT2D eigenvalue weighted by Crippen LogP contribution is -2.47. The molecule has 0 aromatic heterocycles. The first kappa shape index (κ1) is 30.9. The Bertz CT molecular complexity index is 776. The van der Waals surface area contributed by atoms with Crippen molar-refractivity contribution in [1.29, 1.82) is 0 Å². The first-order valence-electron chi connectivity index (χ1n) is 11.9. The van der Waals surface area contributed by atoms with Crippen molar-refractivity contribution in [2.75, 3.05) is 65.4 Å². The molecule has 1 unspecified atom stereocenters. The third-order valence-electron chi connectivity index (χ3n) is 5.75. The molecule has 0 aliphatic carbocycles. The molecule has 1 atom stereocenters. The van der Waals surface area contributed by atoms with Crippen molar-refractivity contribution in [1.82, 2.24) is 20.0 Å². The number of amides is 1. The smallest absolute Gasteiger partial charge is 0.320 e. The molecule has 0 aromatic carbocycles. The van der Waals surface area contributed by atoms with Crippen LogP contribution in [-0.4, -0.2) is 137 Å². The maximum Gasteiger partial charge on any atom is 0.320 e. The van der Waals surface area contributed by atoms with Crippen LogP contribution in [0.4, 0.5) is 0 Å². The largest absolute Gasteiger partial charge is 0.480 e. The summed E-state index contributed by atoms with van der Waals surface area (Å²) in [5.74, 6) is 1.98. The average molecular weight is 514 g/mol. The van der Waals surface area contributed by atoms with Crippen molar-refractivity contribution in [3.63, 3.8) is 0 Å². The number of aliphatic imine (C=N–C) groups is 1. The number of hydrogen-bond donors (Lipinski definition) is 5. The number of carboxylic acids is 3. The lowest BCUT2D eigenvalue weighted by Gasteiger charge is -2.30. The maximum absolute atomic E-state index is 12.3. The second kappa shape index (κ2) is 16.5. The zero-order valence-electron chi connectivity index (χ0n) is 21.0. The van der Waals surface area contributed by atoms with Gasteiger partial charge in [-0.15, -0.1) is 0 Å². The van der Waals surface area contributed by atoms with E-state index in [9.17, 15) is 24.3 Å². The Balaban J connectivity index is 2.70. The molecule has 0 spiro atoms. The Kier molecular flexibility index (Phi) is 14.2. The van der Waals surface area contributed by atoms with Gasteiger partial charge in [0.05, 0.1) is 25.3 Å². The van der Waals surface area contributed by atoms with E-state index in [1.54, 1.807) is 20.9 Å². The van der Waals surface area contributed by atoms with Crippen molar-refractivity contribution in [2.24, 2.45) is 21.9 Å². The number of nitrogens with zero attached hydrogens (tertiary/aromatic N) is 5. The second-order valence-electron chi connectivity index (χ2n) is 8.86. The molecule has 0 radical (unpaired) electrons. The van der Waals surface area contributed by atoms with Crippen LogP contribution in [0.2, 0.25) is 0 Å². The van der Waals surface area contributed by atoms with Crippen LogP contribution in [0.25, 0.3) is 0 Å². The van der Waals surface area contributed by atoms with Gasteiger partial charge in [0.1, 0.15) is 6.04 Å². The summed E-state index contributed by atoms with van der Waals surface area (Å²) in [5.41, 5.74) is 0.638. The molecule has 14 heteroatoms. The molecule has 0 saturated carbocycles. The molecule has 36 heavy (non-hydrogen) atoms. The molecule has 1 fully saturated rings. The van der Waals surface area contributed by atoms with Crippen molar-refractivity contribution < 1.29 is 34.5 Å². The van der Waals surface area contributed by atoms with E-state index in [-0.39, 0.29) is 57.4 Å². The highest BCUT2D eigenvalue weighted by molar-refractivity contribution is 6.31. The summed E-state index contributed by atoms with van der Waals surface area (Å²) in [6, 6.07) is -0.973. The Hall–Kier alpha value is -3.10. The third kappa shape index (κ3) is 12.6. The van der Waals surface area contributed by atoms with Crippen LogP contribution in [0, 0.1) is 5.92 Å². The fraction of sp³-hybridized carbons (Fsp3) is 0.727. The molecule has 0 aromatic rings. The number of hydrogen-bond acceptors (Lipinski definition) is 10. The minimum absolute atomic E-state index is 0.0175. The Morgan fingerprint density at radius 3 is 1.92 bits per heavy atom. The minimum Gasteiger partial charge on any atom is -0.480 e. The van der Waals surface area contributed by atoms with E-state index < -0.39 is 23.9 Å². The number of rotatable bonds is 14. The minimum atomic E-state index is -1.09. The van der Waals surface area contributed by atoms with Gasteiger partial charge in [-0.2, -0.15) is 5.10 Å². The van der Waals surface area contributed by atoms with Gasteiger partial charge in [0, 0.05) is 58.4 Å². The maximum atomic E-state index is 12.3. The number of nitrogens with one attached hydrogen (secondary N) is 1. The highest BCUT2D eigenvalue weighted by Gasteiger charge is 2.28. The van der Waals surface area contributed by atoms with Crippen molar-refractivity contribution in [2.45, 2.75) is 32.7 Å². The molecule has 1 heterocycles. The predicted molar refractivity (Wildman–Crippen MR) is 133 cm³/mol. The van der Waals surface area contributed by atoms with E-state index in [0.717, 1.165) is 0 Å². The van der Waals surface area contributed by atoms with Gasteiger partial charge in [-0.05, 0) is 12.3 Å². The van der Waals surface area contributed by atoms with E-state index in [1.807, 2.05) is 13.8 Å². The normalized spacial score (nSPS) is 17.9. The van der Waals surface area contributed by atoms with Crippen LogP contribution in [0.1, 0.15) is 26.7 Å². The monoisotopic (exact) mass is 513 g/mol. The van der Waals surface area contributed by atoms with Gasteiger partial charge in [-0.1, -0.05) is 13.8 Å². The SMILES string of the molecule is CC(C)/C(C=NCCNC(=O)CCC(C(=O)O)N1CCN(CC(=O)O)CCN(CC(=O)O)CC1)=N/N. The highest BCUT2D eigenvalue weighted by atomic mass is 16.4. The van der Waals surface area contributed by atoms with Gasteiger partial charge in [0.25, 0.3) is 0 Å². The summed E-state index contributed by atoms with van der Waals surface area (Å²) in [5, 5.41) is 34.5. The fourth-order valence-electron chi connectivity index (χ4n) is 3.74. The Labute approximate surface area is 210 Å². The van der Waals surface area contributed by atoms with Gasteiger partial charge in [-0.3, -0.25) is 38.9 Å². The molecule has 1 amide bonds. The summed E-state index contributed by atoms with van der Waals surface area (Å²) in [6.45, 7) is 5.89. The van der Waals surface area contributed by atoms with Crippen molar-refractivity contribution in [3.05, 3.63) is 0 Å². The average Bonchev–Trinajstić information content (AvgIpc) is 2.87. The topological polar surface area (TPSA) is 201 Å². The fourth-order valence-corrected chi connectivity index (χ4v) is 3.74.